The molecule has 1 rings (SSSR count). The fraction of sp³-hybridized carbons (Fsp3) is 0.417. The maximum atomic E-state index is 11.6. The first-order chi connectivity index (χ1) is 9.04. The number of hydrogen-bond acceptors (Lipinski definition) is 4. The molecule has 0 unspecified atom stereocenters. The molecule has 0 bridgehead atoms. The number of carbonyl (C=O) groups is 1. The van der Waals surface area contributed by atoms with Gasteiger partial charge in [0.05, 0.1) is 16.4 Å². The number of nitro groups is 1. The van der Waals surface area contributed by atoms with Gasteiger partial charge in [-0.05, 0) is 24.9 Å². The van der Waals surface area contributed by atoms with E-state index in [1.807, 2.05) is 0 Å². The molecule has 0 saturated heterocycles. The first-order valence-electron chi connectivity index (χ1n) is 5.94. The quantitative estimate of drug-likeness (QED) is 0.456. The summed E-state index contributed by atoms with van der Waals surface area (Å²) < 4.78 is 0. The van der Waals surface area contributed by atoms with Crippen molar-refractivity contribution < 1.29 is 9.72 Å². The Balaban J connectivity index is 0.00000361. The van der Waals surface area contributed by atoms with Crippen LogP contribution in [0.3, 0.4) is 0 Å². The monoisotopic (exact) mass is 321 g/mol. The highest BCUT2D eigenvalue weighted by Gasteiger charge is 2.11. The summed E-state index contributed by atoms with van der Waals surface area (Å²) in [5, 5.41) is 13.5. The van der Waals surface area contributed by atoms with Crippen LogP contribution in [0.2, 0.25) is 5.02 Å². The van der Waals surface area contributed by atoms with E-state index in [0.29, 0.717) is 18.7 Å². The topological polar surface area (TPSA) is 98.3 Å². The second kappa shape index (κ2) is 9.52. The molecule has 0 aliphatic rings. The average Bonchev–Trinajstić information content (AvgIpc) is 2.37. The van der Waals surface area contributed by atoms with Gasteiger partial charge in [0.1, 0.15) is 0 Å². The molecule has 112 valence electrons. The fourth-order valence-electron chi connectivity index (χ4n) is 1.53. The summed E-state index contributed by atoms with van der Waals surface area (Å²) in [6.45, 7) is 1.17. The number of non-ortho nitro benzene ring substituents is 1. The average molecular weight is 322 g/mol. The smallest absolute Gasteiger partial charge is 0.270 e. The highest BCUT2D eigenvalue weighted by molar-refractivity contribution is 6.31. The van der Waals surface area contributed by atoms with Crippen molar-refractivity contribution in [3.05, 3.63) is 38.9 Å². The summed E-state index contributed by atoms with van der Waals surface area (Å²) in [6.07, 6.45) is 1.80. The van der Waals surface area contributed by atoms with Crippen LogP contribution in [0.15, 0.2) is 18.2 Å². The maximum absolute atomic E-state index is 11.6. The molecule has 0 fully saturated rings. The van der Waals surface area contributed by atoms with Crippen molar-refractivity contribution in [1.29, 1.82) is 0 Å². The number of halogens is 2. The lowest BCUT2D eigenvalue weighted by Crippen LogP contribution is -2.26. The molecule has 0 aliphatic heterocycles. The normalized spacial score (nSPS) is 9.70. The number of nitrogens with zero attached hydrogens (tertiary/aromatic N) is 1. The third-order valence-corrected chi connectivity index (χ3v) is 2.90. The van der Waals surface area contributed by atoms with Crippen molar-refractivity contribution in [3.8, 4) is 0 Å². The third-order valence-electron chi connectivity index (χ3n) is 2.55. The van der Waals surface area contributed by atoms with Crippen molar-refractivity contribution in [2.75, 3.05) is 13.1 Å². The van der Waals surface area contributed by atoms with Crippen LogP contribution < -0.4 is 11.1 Å². The van der Waals surface area contributed by atoms with Crippen molar-refractivity contribution >= 4 is 35.6 Å². The number of unbranched alkanes of at least 4 members (excludes halogenated alkanes) is 1. The summed E-state index contributed by atoms with van der Waals surface area (Å²) >= 11 is 5.90. The zero-order valence-electron chi connectivity index (χ0n) is 10.8. The van der Waals surface area contributed by atoms with Crippen molar-refractivity contribution in [2.45, 2.75) is 19.3 Å². The molecule has 0 heterocycles. The van der Waals surface area contributed by atoms with Gasteiger partial charge in [-0.1, -0.05) is 17.7 Å². The van der Waals surface area contributed by atoms with Gasteiger partial charge in [0, 0.05) is 18.7 Å². The van der Waals surface area contributed by atoms with E-state index in [2.05, 4.69) is 5.32 Å². The number of hydrogen-bond donors (Lipinski definition) is 2. The standard InChI is InChI=1S/C12H16ClN3O3.ClH/c13-11-8-10(16(18)19)4-3-9(11)7-12(17)15-6-2-1-5-14;/h3-4,8H,1-2,5-7,14H2,(H,15,17);1H. The second-order valence-corrected chi connectivity index (χ2v) is 4.46. The third kappa shape index (κ3) is 6.18. The van der Waals surface area contributed by atoms with Crippen molar-refractivity contribution in [3.63, 3.8) is 0 Å². The van der Waals surface area contributed by atoms with Gasteiger partial charge < -0.3 is 11.1 Å². The number of amides is 1. The number of rotatable bonds is 7. The molecule has 0 aliphatic carbocycles. The van der Waals surface area contributed by atoms with Crippen LogP contribution in [0.5, 0.6) is 0 Å². The number of nitrogens with one attached hydrogen (secondary N) is 1. The van der Waals surface area contributed by atoms with Gasteiger partial charge in [-0.25, -0.2) is 0 Å². The Morgan fingerprint density at radius 2 is 2.10 bits per heavy atom. The van der Waals surface area contributed by atoms with Gasteiger partial charge >= 0.3 is 0 Å². The molecule has 8 heteroatoms. The Kier molecular flexibility index (Phi) is 8.87. The van der Waals surface area contributed by atoms with E-state index in [1.54, 1.807) is 0 Å². The van der Waals surface area contributed by atoms with Gasteiger partial charge in [-0.2, -0.15) is 0 Å². The first-order valence-corrected chi connectivity index (χ1v) is 6.32. The lowest BCUT2D eigenvalue weighted by Gasteiger charge is -2.06. The Hall–Kier alpha value is -1.37. The fourth-order valence-corrected chi connectivity index (χ4v) is 1.77. The summed E-state index contributed by atoms with van der Waals surface area (Å²) in [5.74, 6) is -0.159. The van der Waals surface area contributed by atoms with Gasteiger partial charge in [0.25, 0.3) is 5.69 Å². The van der Waals surface area contributed by atoms with E-state index >= 15 is 0 Å². The minimum atomic E-state index is -0.525. The predicted octanol–water partition coefficient (Wildman–Crippen LogP) is 2.07. The maximum Gasteiger partial charge on any atom is 0.270 e. The summed E-state index contributed by atoms with van der Waals surface area (Å²) in [7, 11) is 0. The molecule has 6 nitrogen and oxygen atoms in total. The lowest BCUT2D eigenvalue weighted by molar-refractivity contribution is -0.384. The second-order valence-electron chi connectivity index (χ2n) is 4.06. The van der Waals surface area contributed by atoms with Crippen LogP contribution in [0, 0.1) is 10.1 Å². The lowest BCUT2D eigenvalue weighted by atomic mass is 10.1. The number of carbonyl (C=O) groups excluding carboxylic acids is 1. The molecule has 20 heavy (non-hydrogen) atoms. The van der Waals surface area contributed by atoms with Gasteiger partial charge in [-0.15, -0.1) is 12.4 Å². The SMILES string of the molecule is Cl.NCCCCNC(=O)Cc1ccc([N+](=O)[O-])cc1Cl. The minimum Gasteiger partial charge on any atom is -0.356 e. The van der Waals surface area contributed by atoms with Crippen LogP contribution >= 0.6 is 24.0 Å². The molecule has 3 N–H and O–H groups in total. The predicted molar refractivity (Wildman–Crippen MR) is 80.4 cm³/mol. The summed E-state index contributed by atoms with van der Waals surface area (Å²) in [5.41, 5.74) is 5.83. The number of nitrogens with two attached hydrogens (primary N) is 1. The Labute approximate surface area is 128 Å². The van der Waals surface area contributed by atoms with Crippen molar-refractivity contribution in [2.24, 2.45) is 5.73 Å². The zero-order chi connectivity index (χ0) is 14.3. The molecule has 1 amide bonds. The van der Waals surface area contributed by atoms with E-state index in [9.17, 15) is 14.9 Å². The molecular weight excluding hydrogens is 305 g/mol. The van der Waals surface area contributed by atoms with E-state index in [4.69, 9.17) is 17.3 Å². The molecule has 0 saturated carbocycles. The van der Waals surface area contributed by atoms with E-state index in [-0.39, 0.29) is 35.4 Å². The number of benzene rings is 1. The molecule has 1 aromatic rings. The molecule has 0 radical (unpaired) electrons. The minimum absolute atomic E-state index is 0. The van der Waals surface area contributed by atoms with E-state index in [0.717, 1.165) is 12.8 Å². The summed E-state index contributed by atoms with van der Waals surface area (Å²) in [4.78, 5) is 21.6. The Morgan fingerprint density at radius 3 is 2.65 bits per heavy atom. The van der Waals surface area contributed by atoms with Crippen LogP contribution in [0.25, 0.3) is 0 Å². The van der Waals surface area contributed by atoms with Gasteiger partial charge in [0.15, 0.2) is 0 Å². The Morgan fingerprint density at radius 1 is 1.40 bits per heavy atom. The highest BCUT2D eigenvalue weighted by Crippen LogP contribution is 2.22. The van der Waals surface area contributed by atoms with Gasteiger partial charge in [-0.3, -0.25) is 14.9 Å². The van der Waals surface area contributed by atoms with Crippen molar-refractivity contribution in [1.82, 2.24) is 5.32 Å². The highest BCUT2D eigenvalue weighted by atomic mass is 35.5. The molecule has 1 aromatic carbocycles. The van der Waals surface area contributed by atoms with E-state index in [1.165, 1.54) is 18.2 Å². The molecular formula is C12H17Cl2N3O3. The number of nitro benzene ring substituents is 1. The van der Waals surface area contributed by atoms with Gasteiger partial charge in [0.2, 0.25) is 5.91 Å². The zero-order valence-corrected chi connectivity index (χ0v) is 12.4. The van der Waals surface area contributed by atoms with Crippen LogP contribution in [-0.4, -0.2) is 23.9 Å². The largest absolute Gasteiger partial charge is 0.356 e. The summed E-state index contributed by atoms with van der Waals surface area (Å²) in [6, 6.07) is 4.08. The first kappa shape index (κ1) is 18.6. The molecule has 0 atom stereocenters. The van der Waals surface area contributed by atoms with Crippen LogP contribution in [-0.2, 0) is 11.2 Å². The van der Waals surface area contributed by atoms with E-state index < -0.39 is 4.92 Å². The Bertz CT molecular complexity index is 469. The van der Waals surface area contributed by atoms with Crippen LogP contribution in [0.1, 0.15) is 18.4 Å². The molecule has 0 aromatic heterocycles. The van der Waals surface area contributed by atoms with Crippen LogP contribution in [0.4, 0.5) is 5.69 Å². The molecule has 0 spiro atoms.